The van der Waals surface area contributed by atoms with Crippen molar-refractivity contribution in [1.82, 2.24) is 0 Å². The molecule has 4 nitrogen and oxygen atoms in total. The van der Waals surface area contributed by atoms with Crippen LogP contribution in [0.1, 0.15) is 19.4 Å². The van der Waals surface area contributed by atoms with Crippen molar-refractivity contribution in [2.75, 3.05) is 12.4 Å². The Kier molecular flexibility index (Phi) is 5.44. The highest BCUT2D eigenvalue weighted by molar-refractivity contribution is 7.91. The topological polar surface area (TPSA) is 69.4 Å². The van der Waals surface area contributed by atoms with Gasteiger partial charge in [-0.3, -0.25) is 0 Å². The summed E-state index contributed by atoms with van der Waals surface area (Å²) in [5, 5.41) is 0.0519. The van der Waals surface area contributed by atoms with E-state index >= 15 is 0 Å². The average molecular weight is 292 g/mol. The van der Waals surface area contributed by atoms with E-state index in [4.69, 9.17) is 22.1 Å². The normalized spacial score (nSPS) is 11.8. The molecule has 0 aromatic heterocycles. The lowest BCUT2D eigenvalue weighted by atomic mass is 10.2. The lowest BCUT2D eigenvalue weighted by molar-refractivity contribution is 0.340. The summed E-state index contributed by atoms with van der Waals surface area (Å²) in [6.07, 6.45) is 0. The van der Waals surface area contributed by atoms with Gasteiger partial charge in [0.05, 0.1) is 16.0 Å². The van der Waals surface area contributed by atoms with Crippen LogP contribution in [0.2, 0.25) is 5.02 Å². The Morgan fingerprint density at radius 1 is 1.39 bits per heavy atom. The Bertz CT molecular complexity index is 500. The molecule has 0 saturated heterocycles. The summed E-state index contributed by atoms with van der Waals surface area (Å²) in [6, 6.07) is 5.22. The fourth-order valence-corrected chi connectivity index (χ4v) is 2.34. The van der Waals surface area contributed by atoms with Crippen LogP contribution in [-0.4, -0.2) is 26.0 Å². The summed E-state index contributed by atoms with van der Waals surface area (Å²) in [6.45, 7) is 3.81. The van der Waals surface area contributed by atoms with Gasteiger partial charge >= 0.3 is 0 Å². The van der Waals surface area contributed by atoms with Gasteiger partial charge in [-0.2, -0.15) is 0 Å². The molecule has 1 aromatic rings. The zero-order chi connectivity index (χ0) is 13.8. The molecule has 0 atom stereocenters. The fourth-order valence-electron chi connectivity index (χ4n) is 1.29. The molecule has 0 aliphatic heterocycles. The molecule has 18 heavy (non-hydrogen) atoms. The van der Waals surface area contributed by atoms with E-state index in [1.54, 1.807) is 32.0 Å². The van der Waals surface area contributed by atoms with Crippen LogP contribution in [0, 0.1) is 0 Å². The lowest BCUT2D eigenvalue weighted by Crippen LogP contribution is -2.22. The summed E-state index contributed by atoms with van der Waals surface area (Å²) >= 11 is 5.99. The first-order chi connectivity index (χ1) is 8.36. The van der Waals surface area contributed by atoms with Gasteiger partial charge in [0.15, 0.2) is 9.84 Å². The van der Waals surface area contributed by atoms with Crippen LogP contribution < -0.4 is 10.5 Å². The van der Waals surface area contributed by atoms with Gasteiger partial charge in [-0.15, -0.1) is 0 Å². The minimum atomic E-state index is -3.08. The molecule has 0 aliphatic rings. The summed E-state index contributed by atoms with van der Waals surface area (Å²) in [7, 11) is -3.08. The van der Waals surface area contributed by atoms with Crippen LogP contribution in [0.4, 0.5) is 0 Å². The molecule has 0 unspecified atom stereocenters. The lowest BCUT2D eigenvalue weighted by Gasteiger charge is -2.11. The summed E-state index contributed by atoms with van der Waals surface area (Å²) in [4.78, 5) is 0. The molecule has 1 rings (SSSR count). The smallest absolute Gasteiger partial charge is 0.155 e. The van der Waals surface area contributed by atoms with E-state index < -0.39 is 15.1 Å². The second-order valence-corrected chi connectivity index (χ2v) is 7.32. The van der Waals surface area contributed by atoms with E-state index in [0.717, 1.165) is 5.56 Å². The Labute approximate surface area is 113 Å². The largest absolute Gasteiger partial charge is 0.491 e. The molecule has 0 bridgehead atoms. The standard InChI is InChI=1S/C12H18ClNO3S/c1-9(2)18(15,16)6-5-17-12-4-3-10(8-14)7-11(12)13/h3-4,7,9H,5-6,8,14H2,1-2H3. The summed E-state index contributed by atoms with van der Waals surface area (Å²) in [5.41, 5.74) is 6.39. The number of sulfone groups is 1. The Balaban J connectivity index is 2.60. The van der Waals surface area contributed by atoms with Crippen molar-refractivity contribution in [1.29, 1.82) is 0 Å². The Morgan fingerprint density at radius 3 is 2.56 bits per heavy atom. The van der Waals surface area contributed by atoms with E-state index in [1.165, 1.54) is 0 Å². The third kappa shape index (κ3) is 4.15. The van der Waals surface area contributed by atoms with Crippen LogP contribution in [0.3, 0.4) is 0 Å². The number of halogens is 1. The third-order valence-electron chi connectivity index (χ3n) is 2.58. The van der Waals surface area contributed by atoms with E-state index in [9.17, 15) is 8.42 Å². The van der Waals surface area contributed by atoms with Gasteiger partial charge in [-0.05, 0) is 31.5 Å². The van der Waals surface area contributed by atoms with Crippen LogP contribution in [0.5, 0.6) is 5.75 Å². The van der Waals surface area contributed by atoms with Crippen LogP contribution in [0.15, 0.2) is 18.2 Å². The highest BCUT2D eigenvalue weighted by Crippen LogP contribution is 2.25. The number of hydrogen-bond donors (Lipinski definition) is 1. The van der Waals surface area contributed by atoms with Gasteiger partial charge in [-0.25, -0.2) is 8.42 Å². The van der Waals surface area contributed by atoms with E-state index in [0.29, 0.717) is 17.3 Å². The Morgan fingerprint density at radius 2 is 2.06 bits per heavy atom. The van der Waals surface area contributed by atoms with Crippen LogP contribution in [-0.2, 0) is 16.4 Å². The molecule has 0 amide bonds. The second kappa shape index (κ2) is 6.41. The Hall–Kier alpha value is -0.780. The highest BCUT2D eigenvalue weighted by Gasteiger charge is 2.16. The minimum Gasteiger partial charge on any atom is -0.491 e. The quantitative estimate of drug-likeness (QED) is 0.870. The molecule has 0 aliphatic carbocycles. The molecule has 102 valence electrons. The minimum absolute atomic E-state index is 0.0143. The number of ether oxygens (including phenoxy) is 1. The maximum absolute atomic E-state index is 11.6. The maximum Gasteiger partial charge on any atom is 0.155 e. The summed E-state index contributed by atoms with van der Waals surface area (Å²) < 4.78 is 28.5. The molecule has 0 saturated carbocycles. The molecule has 0 spiro atoms. The maximum atomic E-state index is 11.6. The van der Waals surface area contributed by atoms with E-state index in [1.807, 2.05) is 0 Å². The van der Waals surface area contributed by atoms with Crippen LogP contribution >= 0.6 is 11.6 Å². The van der Waals surface area contributed by atoms with Gasteiger partial charge in [0.2, 0.25) is 0 Å². The van der Waals surface area contributed by atoms with Gasteiger partial charge in [0.25, 0.3) is 0 Å². The van der Waals surface area contributed by atoms with Gasteiger partial charge in [0.1, 0.15) is 12.4 Å². The van der Waals surface area contributed by atoms with Crippen molar-refractivity contribution in [3.05, 3.63) is 28.8 Å². The van der Waals surface area contributed by atoms with Crippen molar-refractivity contribution < 1.29 is 13.2 Å². The van der Waals surface area contributed by atoms with Crippen molar-refractivity contribution in [3.8, 4) is 5.75 Å². The first-order valence-electron chi connectivity index (χ1n) is 5.69. The molecular formula is C12H18ClNO3S. The zero-order valence-electron chi connectivity index (χ0n) is 10.5. The number of rotatable bonds is 6. The molecule has 6 heteroatoms. The SMILES string of the molecule is CC(C)S(=O)(=O)CCOc1ccc(CN)cc1Cl. The summed E-state index contributed by atoms with van der Waals surface area (Å²) in [5.74, 6) is 0.465. The molecule has 0 heterocycles. The molecule has 2 N–H and O–H groups in total. The second-order valence-electron chi connectivity index (χ2n) is 4.23. The zero-order valence-corrected chi connectivity index (χ0v) is 12.1. The van der Waals surface area contributed by atoms with Crippen molar-refractivity contribution >= 4 is 21.4 Å². The molecular weight excluding hydrogens is 274 g/mol. The van der Waals surface area contributed by atoms with E-state index in [2.05, 4.69) is 0 Å². The van der Waals surface area contributed by atoms with Gasteiger partial charge in [-0.1, -0.05) is 17.7 Å². The third-order valence-corrected chi connectivity index (χ3v) is 5.04. The number of benzene rings is 1. The molecule has 0 radical (unpaired) electrons. The number of hydrogen-bond acceptors (Lipinski definition) is 4. The monoisotopic (exact) mass is 291 g/mol. The van der Waals surface area contributed by atoms with Crippen molar-refractivity contribution in [2.24, 2.45) is 5.73 Å². The predicted molar refractivity (Wildman–Crippen MR) is 73.8 cm³/mol. The van der Waals surface area contributed by atoms with Gasteiger partial charge < -0.3 is 10.5 Å². The predicted octanol–water partition coefficient (Wildman–Crippen LogP) is 2.00. The van der Waals surface area contributed by atoms with Gasteiger partial charge in [0, 0.05) is 6.54 Å². The molecule has 1 aromatic carbocycles. The van der Waals surface area contributed by atoms with Crippen LogP contribution in [0.25, 0.3) is 0 Å². The highest BCUT2D eigenvalue weighted by atomic mass is 35.5. The average Bonchev–Trinajstić information content (AvgIpc) is 2.30. The van der Waals surface area contributed by atoms with Crippen molar-refractivity contribution in [3.63, 3.8) is 0 Å². The van der Waals surface area contributed by atoms with Crippen molar-refractivity contribution in [2.45, 2.75) is 25.6 Å². The first-order valence-corrected chi connectivity index (χ1v) is 7.79. The number of nitrogens with two attached hydrogens (primary N) is 1. The fraction of sp³-hybridized carbons (Fsp3) is 0.500. The molecule has 0 fully saturated rings. The first kappa shape index (κ1) is 15.3. The van der Waals surface area contributed by atoms with E-state index in [-0.39, 0.29) is 12.4 Å².